The lowest BCUT2D eigenvalue weighted by Crippen LogP contribution is -2.48. The summed E-state index contributed by atoms with van der Waals surface area (Å²) in [6, 6.07) is 8.54. The second kappa shape index (κ2) is 8.91. The molecule has 0 spiro atoms. The first-order valence-electron chi connectivity index (χ1n) is 12.9. The molecule has 2 saturated heterocycles. The van der Waals surface area contributed by atoms with E-state index in [2.05, 4.69) is 5.32 Å². The molecule has 0 radical (unpaired) electrons. The van der Waals surface area contributed by atoms with Crippen LogP contribution in [0.15, 0.2) is 48.0 Å². The van der Waals surface area contributed by atoms with Gasteiger partial charge in [0.2, 0.25) is 23.6 Å². The van der Waals surface area contributed by atoms with Crippen molar-refractivity contribution in [2.24, 2.45) is 29.1 Å². The Kier molecular flexibility index (Phi) is 5.84. The van der Waals surface area contributed by atoms with Crippen molar-refractivity contribution in [2.75, 3.05) is 11.5 Å². The summed E-state index contributed by atoms with van der Waals surface area (Å²) in [5, 5.41) is 12.6. The first-order valence-corrected chi connectivity index (χ1v) is 13.3. The second-order valence-electron chi connectivity index (χ2n) is 10.8. The van der Waals surface area contributed by atoms with E-state index >= 15 is 0 Å². The van der Waals surface area contributed by atoms with Crippen LogP contribution in [0.1, 0.15) is 38.2 Å². The van der Waals surface area contributed by atoms with E-state index in [1.54, 1.807) is 26.0 Å². The molecule has 2 aliphatic heterocycles. The van der Waals surface area contributed by atoms with Gasteiger partial charge in [0, 0.05) is 5.92 Å². The number of ether oxygens (including phenoxy) is 1. The number of carbonyl (C=O) groups excluding carboxylic acids is 4. The van der Waals surface area contributed by atoms with Gasteiger partial charge >= 0.3 is 0 Å². The molecule has 6 rings (SSSR count). The van der Waals surface area contributed by atoms with Crippen molar-refractivity contribution in [3.8, 4) is 11.5 Å². The molecule has 8 nitrogen and oxygen atoms in total. The maximum Gasteiger partial charge on any atom is 0.241 e. The second-order valence-corrected chi connectivity index (χ2v) is 11.2. The summed E-state index contributed by atoms with van der Waals surface area (Å²) in [6.07, 6.45) is 2.47. The number of halogens is 2. The van der Waals surface area contributed by atoms with Crippen LogP contribution in [0.5, 0.6) is 11.5 Å². The molecule has 0 bridgehead atoms. The van der Waals surface area contributed by atoms with Crippen molar-refractivity contribution < 1.29 is 33.4 Å². The number of carbonyl (C=O) groups is 4. The van der Waals surface area contributed by atoms with E-state index in [1.165, 1.54) is 18.2 Å². The highest BCUT2D eigenvalue weighted by molar-refractivity contribution is 6.31. The molecule has 2 aromatic carbocycles. The molecule has 202 valence electrons. The van der Waals surface area contributed by atoms with Crippen LogP contribution in [0.2, 0.25) is 5.02 Å². The van der Waals surface area contributed by atoms with E-state index in [4.69, 9.17) is 16.3 Å². The number of phenols is 1. The highest BCUT2D eigenvalue weighted by Crippen LogP contribution is 2.63. The molecule has 10 heteroatoms. The smallest absolute Gasteiger partial charge is 0.241 e. The summed E-state index contributed by atoms with van der Waals surface area (Å²) >= 11 is 6.00. The van der Waals surface area contributed by atoms with Gasteiger partial charge in [0.05, 0.1) is 40.5 Å². The normalized spacial score (nSPS) is 31.4. The number of benzene rings is 2. The number of nitrogens with zero attached hydrogens (tertiary/aromatic N) is 1. The predicted octanol–water partition coefficient (Wildman–Crippen LogP) is 4.10. The van der Waals surface area contributed by atoms with E-state index < -0.39 is 52.6 Å². The quantitative estimate of drug-likeness (QED) is 0.436. The van der Waals surface area contributed by atoms with Gasteiger partial charge in [-0.2, -0.15) is 0 Å². The summed E-state index contributed by atoms with van der Waals surface area (Å²) in [7, 11) is 0. The predicted molar refractivity (Wildman–Crippen MR) is 138 cm³/mol. The van der Waals surface area contributed by atoms with Crippen molar-refractivity contribution in [2.45, 2.75) is 32.6 Å². The van der Waals surface area contributed by atoms with Crippen molar-refractivity contribution >= 4 is 40.9 Å². The maximum atomic E-state index is 14.3. The van der Waals surface area contributed by atoms with Crippen molar-refractivity contribution in [1.29, 1.82) is 0 Å². The fourth-order valence-electron chi connectivity index (χ4n) is 7.16. The van der Waals surface area contributed by atoms with Gasteiger partial charge in [-0.25, -0.2) is 9.29 Å². The minimum absolute atomic E-state index is 0.0653. The number of fused-ring (bicyclic) bond motifs is 4. The number of nitrogens with one attached hydrogen (secondary N) is 1. The van der Waals surface area contributed by atoms with E-state index in [0.717, 1.165) is 16.5 Å². The Hall–Kier alpha value is -3.72. The molecule has 4 amide bonds. The topological polar surface area (TPSA) is 113 Å². The van der Waals surface area contributed by atoms with Gasteiger partial charge in [-0.15, -0.1) is 0 Å². The molecule has 39 heavy (non-hydrogen) atoms. The Morgan fingerprint density at radius 3 is 2.62 bits per heavy atom. The highest BCUT2D eigenvalue weighted by Gasteiger charge is 2.67. The lowest BCUT2D eigenvalue weighted by molar-refractivity contribution is -0.131. The molecule has 2 aliphatic carbocycles. The first kappa shape index (κ1) is 25.6. The van der Waals surface area contributed by atoms with Crippen LogP contribution in [0.4, 0.5) is 10.1 Å². The molecule has 3 fully saturated rings. The minimum atomic E-state index is -1.27. The summed E-state index contributed by atoms with van der Waals surface area (Å²) in [6.45, 7) is 3.82. The van der Waals surface area contributed by atoms with Crippen LogP contribution in [-0.2, 0) is 19.2 Å². The monoisotopic (exact) mass is 552 g/mol. The molecular weight excluding hydrogens is 527 g/mol. The Bertz CT molecular complexity index is 1490. The summed E-state index contributed by atoms with van der Waals surface area (Å²) < 4.78 is 19.6. The average molecular weight is 553 g/mol. The maximum absolute atomic E-state index is 14.3. The fourth-order valence-corrected chi connectivity index (χ4v) is 7.33. The van der Waals surface area contributed by atoms with Crippen molar-refractivity contribution in [3.05, 3.63) is 64.5 Å². The minimum Gasteiger partial charge on any atom is -0.504 e. The third-order valence-corrected chi connectivity index (χ3v) is 9.19. The number of rotatable bonds is 4. The third-order valence-electron chi connectivity index (χ3n) is 8.90. The Morgan fingerprint density at radius 1 is 1.13 bits per heavy atom. The summed E-state index contributed by atoms with van der Waals surface area (Å²) in [4.78, 5) is 54.8. The van der Waals surface area contributed by atoms with Crippen LogP contribution >= 0.6 is 11.6 Å². The fraction of sp³-hybridized carbons (Fsp3) is 0.379. The molecule has 2 N–H and O–H groups in total. The Labute approximate surface area is 228 Å². The number of hydrogen-bond donors (Lipinski definition) is 2. The molecule has 4 aliphatic rings. The molecule has 6 unspecified atom stereocenters. The van der Waals surface area contributed by atoms with Crippen molar-refractivity contribution in [3.63, 3.8) is 0 Å². The number of allylic oxidation sites excluding steroid dienone is 2. The SMILES string of the molecule is CCOc1cc(C2C3=CCC4C(=O)NC(=O)C4C3CC3C(=O)N(c4ccc(F)c(Cl)c4)C(=O)C32C)ccc1O. The number of hydrogen-bond acceptors (Lipinski definition) is 6. The largest absolute Gasteiger partial charge is 0.504 e. The van der Waals surface area contributed by atoms with Crippen molar-refractivity contribution in [1.82, 2.24) is 5.32 Å². The molecule has 1 saturated carbocycles. The third kappa shape index (κ3) is 3.55. The van der Waals surface area contributed by atoms with E-state index in [0.29, 0.717) is 18.6 Å². The van der Waals surface area contributed by atoms with Crippen LogP contribution < -0.4 is 15.0 Å². The highest BCUT2D eigenvalue weighted by atomic mass is 35.5. The average Bonchev–Trinajstić information content (AvgIpc) is 3.30. The van der Waals surface area contributed by atoms with Gasteiger partial charge < -0.3 is 9.84 Å². The first-order chi connectivity index (χ1) is 18.6. The zero-order valence-electron chi connectivity index (χ0n) is 21.2. The number of phenolic OH excluding ortho intramolecular Hbond substituents is 1. The van der Waals surface area contributed by atoms with Gasteiger partial charge in [-0.1, -0.05) is 29.3 Å². The molecule has 0 aromatic heterocycles. The van der Waals surface area contributed by atoms with E-state index in [9.17, 15) is 28.7 Å². The molecule has 2 heterocycles. The molecule has 6 atom stereocenters. The Balaban J connectivity index is 1.54. The molecular formula is C29H26ClFN2O6. The van der Waals surface area contributed by atoms with Gasteiger partial charge in [-0.05, 0) is 68.5 Å². The van der Waals surface area contributed by atoms with E-state index in [1.807, 2.05) is 6.08 Å². The number of aromatic hydroxyl groups is 1. The van der Waals surface area contributed by atoms with Crippen LogP contribution in [0, 0.1) is 34.9 Å². The zero-order chi connectivity index (χ0) is 27.8. The zero-order valence-corrected chi connectivity index (χ0v) is 22.0. The van der Waals surface area contributed by atoms with Crippen LogP contribution in [0.3, 0.4) is 0 Å². The Morgan fingerprint density at radius 2 is 1.90 bits per heavy atom. The summed E-state index contributed by atoms with van der Waals surface area (Å²) in [5.41, 5.74) is 0.346. The van der Waals surface area contributed by atoms with E-state index in [-0.39, 0.29) is 40.4 Å². The number of anilines is 1. The van der Waals surface area contributed by atoms with Crippen LogP contribution in [0.25, 0.3) is 0 Å². The standard InChI is InChI=1S/C29H26ClFN2O6/c1-3-39-22-10-13(4-9-21(22)34)24-15-6-7-16-23(26(36)32-25(16)35)17(15)12-18-27(37)33(28(38)29(18,24)2)14-5-8-20(31)19(30)11-14/h4-6,8-11,16-18,23-24,34H,3,7,12H2,1-2H3,(H,32,35,36). The van der Waals surface area contributed by atoms with Crippen LogP contribution in [-0.4, -0.2) is 35.3 Å². The van der Waals surface area contributed by atoms with Gasteiger partial charge in [-0.3, -0.25) is 24.5 Å². The van der Waals surface area contributed by atoms with Gasteiger partial charge in [0.1, 0.15) is 5.82 Å². The number of amides is 4. The van der Waals surface area contributed by atoms with Gasteiger partial charge in [0.15, 0.2) is 11.5 Å². The molecule has 2 aromatic rings. The lowest BCUT2D eigenvalue weighted by Gasteiger charge is -2.49. The number of imide groups is 2. The summed E-state index contributed by atoms with van der Waals surface area (Å²) in [5.74, 6) is -5.25. The lowest BCUT2D eigenvalue weighted by atomic mass is 9.51. The van der Waals surface area contributed by atoms with Gasteiger partial charge in [0.25, 0.3) is 0 Å².